The normalized spacial score (nSPS) is 12.5. The van der Waals surface area contributed by atoms with Gasteiger partial charge in [0, 0.05) is 12.3 Å². The van der Waals surface area contributed by atoms with E-state index >= 15 is 0 Å². The van der Waals surface area contributed by atoms with Crippen molar-refractivity contribution in [2.45, 2.75) is 25.3 Å². The molecule has 0 aromatic carbocycles. The van der Waals surface area contributed by atoms with Crippen molar-refractivity contribution in [3.8, 4) is 5.88 Å². The highest BCUT2D eigenvalue weighted by Gasteiger charge is 2.03. The van der Waals surface area contributed by atoms with Gasteiger partial charge in [0.1, 0.15) is 0 Å². The molecular weight excluding hydrogens is 174 g/mol. The Bertz CT molecular complexity index is 215. The molecule has 1 aromatic heterocycles. The molecule has 0 N–H and O–H groups in total. The minimum absolute atomic E-state index is 0.259. The zero-order valence-electron chi connectivity index (χ0n) is 7.03. The van der Waals surface area contributed by atoms with E-state index in [2.05, 4.69) is 11.9 Å². The molecule has 0 aliphatic carbocycles. The summed E-state index contributed by atoms with van der Waals surface area (Å²) >= 11 is 5.85. The Morgan fingerprint density at radius 2 is 2.42 bits per heavy atom. The molecule has 0 saturated carbocycles. The van der Waals surface area contributed by atoms with Crippen molar-refractivity contribution in [3.63, 3.8) is 0 Å². The van der Waals surface area contributed by atoms with Crippen molar-refractivity contribution in [1.29, 1.82) is 0 Å². The molecule has 0 radical (unpaired) electrons. The van der Waals surface area contributed by atoms with Crippen LogP contribution >= 0.6 is 11.6 Å². The van der Waals surface area contributed by atoms with Gasteiger partial charge in [0.05, 0.1) is 0 Å². The second-order valence-corrected chi connectivity index (χ2v) is 2.97. The van der Waals surface area contributed by atoms with Crippen LogP contribution in [0.5, 0.6) is 5.88 Å². The first-order valence-corrected chi connectivity index (χ1v) is 4.48. The Balaban J connectivity index is 2.41. The molecule has 1 unspecified atom stereocenters. The SMILES string of the molecule is CCCC(Cl)Oc1ccccn1. The van der Waals surface area contributed by atoms with Crippen LogP contribution in [-0.4, -0.2) is 10.5 Å². The fourth-order valence-electron chi connectivity index (χ4n) is 0.834. The summed E-state index contributed by atoms with van der Waals surface area (Å²) in [6, 6.07) is 5.51. The van der Waals surface area contributed by atoms with Gasteiger partial charge in [-0.2, -0.15) is 0 Å². The molecule has 1 rings (SSSR count). The summed E-state index contributed by atoms with van der Waals surface area (Å²) in [6.45, 7) is 2.07. The van der Waals surface area contributed by atoms with Crippen molar-refractivity contribution >= 4 is 11.6 Å². The first-order valence-electron chi connectivity index (χ1n) is 4.04. The molecule has 0 amide bonds. The maximum absolute atomic E-state index is 5.85. The third-order valence-electron chi connectivity index (χ3n) is 1.40. The van der Waals surface area contributed by atoms with Crippen LogP contribution in [0.25, 0.3) is 0 Å². The summed E-state index contributed by atoms with van der Waals surface area (Å²) in [7, 11) is 0. The van der Waals surface area contributed by atoms with E-state index in [0.29, 0.717) is 5.88 Å². The summed E-state index contributed by atoms with van der Waals surface area (Å²) in [5.41, 5.74) is -0.259. The number of hydrogen-bond donors (Lipinski definition) is 0. The van der Waals surface area contributed by atoms with Crippen LogP contribution in [-0.2, 0) is 0 Å². The highest BCUT2D eigenvalue weighted by Crippen LogP contribution is 2.12. The fraction of sp³-hybridized carbons (Fsp3) is 0.444. The van der Waals surface area contributed by atoms with Crippen LogP contribution < -0.4 is 4.74 Å². The van der Waals surface area contributed by atoms with Gasteiger partial charge in [-0.3, -0.25) is 0 Å². The minimum Gasteiger partial charge on any atom is -0.458 e. The molecule has 0 bridgehead atoms. The molecular formula is C9H12ClNO. The Morgan fingerprint density at radius 1 is 1.58 bits per heavy atom. The first kappa shape index (κ1) is 9.33. The molecule has 0 aliphatic rings. The van der Waals surface area contributed by atoms with E-state index in [0.717, 1.165) is 12.8 Å². The minimum atomic E-state index is -0.259. The summed E-state index contributed by atoms with van der Waals surface area (Å²) in [5.74, 6) is 0.589. The first-order chi connectivity index (χ1) is 5.83. The van der Waals surface area contributed by atoms with Crippen LogP contribution in [0, 0.1) is 0 Å². The number of ether oxygens (including phenoxy) is 1. The van der Waals surface area contributed by atoms with Gasteiger partial charge in [-0.15, -0.1) is 0 Å². The van der Waals surface area contributed by atoms with Gasteiger partial charge >= 0.3 is 0 Å². The second kappa shape index (κ2) is 4.99. The molecule has 2 nitrogen and oxygen atoms in total. The summed E-state index contributed by atoms with van der Waals surface area (Å²) < 4.78 is 5.31. The highest BCUT2D eigenvalue weighted by atomic mass is 35.5. The quantitative estimate of drug-likeness (QED) is 0.673. The second-order valence-electron chi connectivity index (χ2n) is 2.48. The van der Waals surface area contributed by atoms with Crippen LogP contribution in [0.4, 0.5) is 0 Å². The van der Waals surface area contributed by atoms with Gasteiger partial charge in [0.25, 0.3) is 0 Å². The Labute approximate surface area is 77.5 Å². The lowest BCUT2D eigenvalue weighted by Gasteiger charge is -2.09. The zero-order valence-corrected chi connectivity index (χ0v) is 7.79. The summed E-state index contributed by atoms with van der Waals surface area (Å²) in [5, 5.41) is 0. The van der Waals surface area contributed by atoms with Gasteiger partial charge < -0.3 is 4.74 Å². The van der Waals surface area contributed by atoms with Gasteiger partial charge in [-0.1, -0.05) is 31.0 Å². The summed E-state index contributed by atoms with van der Waals surface area (Å²) in [4.78, 5) is 3.99. The Hall–Kier alpha value is -0.760. The summed E-state index contributed by atoms with van der Waals surface area (Å²) in [6.07, 6.45) is 3.55. The van der Waals surface area contributed by atoms with Crippen LogP contribution in [0.1, 0.15) is 19.8 Å². The lowest BCUT2D eigenvalue weighted by atomic mass is 10.3. The number of rotatable bonds is 4. The zero-order chi connectivity index (χ0) is 8.81. The maximum atomic E-state index is 5.85. The third-order valence-corrected chi connectivity index (χ3v) is 1.71. The van der Waals surface area contributed by atoms with E-state index in [1.807, 2.05) is 12.1 Å². The number of hydrogen-bond acceptors (Lipinski definition) is 2. The van der Waals surface area contributed by atoms with Gasteiger partial charge in [0.15, 0.2) is 5.56 Å². The lowest BCUT2D eigenvalue weighted by Crippen LogP contribution is -2.08. The lowest BCUT2D eigenvalue weighted by molar-refractivity contribution is 0.259. The number of halogens is 1. The van der Waals surface area contributed by atoms with E-state index in [4.69, 9.17) is 16.3 Å². The van der Waals surface area contributed by atoms with E-state index < -0.39 is 0 Å². The van der Waals surface area contributed by atoms with Gasteiger partial charge in [0.2, 0.25) is 5.88 Å². The standard InChI is InChI=1S/C9H12ClNO/c1-2-5-8(10)12-9-6-3-4-7-11-9/h3-4,6-8H,2,5H2,1H3. The number of pyridine rings is 1. The average Bonchev–Trinajstić information content (AvgIpc) is 2.06. The Morgan fingerprint density at radius 3 is 3.00 bits per heavy atom. The smallest absolute Gasteiger partial charge is 0.214 e. The molecule has 0 aliphatic heterocycles. The maximum Gasteiger partial charge on any atom is 0.214 e. The molecule has 3 heteroatoms. The van der Waals surface area contributed by atoms with Crippen LogP contribution in [0.15, 0.2) is 24.4 Å². The van der Waals surface area contributed by atoms with Crippen LogP contribution in [0.2, 0.25) is 0 Å². The fourth-order valence-corrected chi connectivity index (χ4v) is 1.14. The van der Waals surface area contributed by atoms with E-state index in [-0.39, 0.29) is 5.56 Å². The number of alkyl halides is 1. The van der Waals surface area contributed by atoms with Crippen molar-refractivity contribution in [2.75, 3.05) is 0 Å². The highest BCUT2D eigenvalue weighted by molar-refractivity contribution is 6.19. The molecule has 0 spiro atoms. The van der Waals surface area contributed by atoms with Gasteiger partial charge in [-0.05, 0) is 12.5 Å². The number of aromatic nitrogens is 1. The third kappa shape index (κ3) is 3.09. The van der Waals surface area contributed by atoms with E-state index in [1.54, 1.807) is 12.3 Å². The molecule has 0 saturated heterocycles. The van der Waals surface area contributed by atoms with Gasteiger partial charge in [-0.25, -0.2) is 4.98 Å². The predicted octanol–water partition coefficient (Wildman–Crippen LogP) is 2.83. The molecule has 1 heterocycles. The van der Waals surface area contributed by atoms with Crippen molar-refractivity contribution in [1.82, 2.24) is 4.98 Å². The topological polar surface area (TPSA) is 22.1 Å². The van der Waals surface area contributed by atoms with E-state index in [1.165, 1.54) is 0 Å². The monoisotopic (exact) mass is 185 g/mol. The van der Waals surface area contributed by atoms with Crippen molar-refractivity contribution in [3.05, 3.63) is 24.4 Å². The molecule has 1 atom stereocenters. The van der Waals surface area contributed by atoms with Crippen molar-refractivity contribution < 1.29 is 4.74 Å². The molecule has 12 heavy (non-hydrogen) atoms. The van der Waals surface area contributed by atoms with E-state index in [9.17, 15) is 0 Å². The number of nitrogens with zero attached hydrogens (tertiary/aromatic N) is 1. The molecule has 0 fully saturated rings. The Kier molecular flexibility index (Phi) is 3.88. The van der Waals surface area contributed by atoms with Crippen LogP contribution in [0.3, 0.4) is 0 Å². The van der Waals surface area contributed by atoms with Crippen molar-refractivity contribution in [2.24, 2.45) is 0 Å². The predicted molar refractivity (Wildman–Crippen MR) is 49.4 cm³/mol. The molecule has 66 valence electrons. The average molecular weight is 186 g/mol. The molecule has 1 aromatic rings. The largest absolute Gasteiger partial charge is 0.458 e.